The lowest BCUT2D eigenvalue weighted by atomic mass is 10.2. The van der Waals surface area contributed by atoms with E-state index < -0.39 is 34.8 Å². The largest absolute Gasteiger partial charge is 0.395 e. The SMILES string of the molecule is O=C1C=C(Nc2cc(Cl)c(F)cc2[N+](=O)[O-])C(=O)N1CCO. The van der Waals surface area contributed by atoms with Gasteiger partial charge in [0.25, 0.3) is 17.5 Å². The van der Waals surface area contributed by atoms with E-state index in [0.29, 0.717) is 6.07 Å². The summed E-state index contributed by atoms with van der Waals surface area (Å²) in [6.45, 7) is -0.618. The van der Waals surface area contributed by atoms with Gasteiger partial charge >= 0.3 is 0 Å². The minimum absolute atomic E-state index is 0.203. The Labute approximate surface area is 127 Å². The number of carbonyl (C=O) groups is 2. The molecule has 1 heterocycles. The summed E-state index contributed by atoms with van der Waals surface area (Å²) in [7, 11) is 0. The lowest BCUT2D eigenvalue weighted by Gasteiger charge is -2.13. The van der Waals surface area contributed by atoms with Gasteiger partial charge in [0.15, 0.2) is 0 Å². The van der Waals surface area contributed by atoms with Crippen molar-refractivity contribution in [3.05, 3.63) is 44.9 Å². The number of anilines is 1. The first-order chi connectivity index (χ1) is 10.3. The fraction of sp³-hybridized carbons (Fsp3) is 0.167. The molecule has 0 unspecified atom stereocenters. The molecule has 1 aromatic carbocycles. The number of amides is 2. The van der Waals surface area contributed by atoms with Gasteiger partial charge in [0.2, 0.25) is 0 Å². The molecule has 0 aliphatic carbocycles. The molecule has 0 bridgehead atoms. The first-order valence-corrected chi connectivity index (χ1v) is 6.31. The molecule has 1 aromatic rings. The molecule has 2 N–H and O–H groups in total. The van der Waals surface area contributed by atoms with Crippen LogP contribution in [-0.2, 0) is 9.59 Å². The summed E-state index contributed by atoms with van der Waals surface area (Å²) in [6, 6.07) is 1.56. The van der Waals surface area contributed by atoms with Gasteiger partial charge in [-0.1, -0.05) is 11.6 Å². The van der Waals surface area contributed by atoms with Gasteiger partial charge in [-0.2, -0.15) is 0 Å². The number of nitrogens with zero attached hydrogens (tertiary/aromatic N) is 2. The van der Waals surface area contributed by atoms with E-state index in [9.17, 15) is 24.1 Å². The third-order valence-electron chi connectivity index (χ3n) is 2.84. The fourth-order valence-corrected chi connectivity index (χ4v) is 2.01. The maximum absolute atomic E-state index is 13.3. The number of benzene rings is 1. The third kappa shape index (κ3) is 2.90. The Morgan fingerprint density at radius 1 is 1.41 bits per heavy atom. The van der Waals surface area contributed by atoms with E-state index >= 15 is 0 Å². The molecule has 1 aliphatic heterocycles. The third-order valence-corrected chi connectivity index (χ3v) is 3.13. The molecule has 10 heteroatoms. The van der Waals surface area contributed by atoms with E-state index in [0.717, 1.165) is 17.0 Å². The Morgan fingerprint density at radius 2 is 2.09 bits per heavy atom. The summed E-state index contributed by atoms with van der Waals surface area (Å²) in [6.07, 6.45) is 0.930. The maximum atomic E-state index is 13.3. The Morgan fingerprint density at radius 3 is 2.68 bits per heavy atom. The van der Waals surface area contributed by atoms with Crippen molar-refractivity contribution in [1.82, 2.24) is 4.90 Å². The molecule has 0 radical (unpaired) electrons. The molecule has 1 aliphatic rings. The van der Waals surface area contributed by atoms with E-state index in [1.165, 1.54) is 0 Å². The number of aliphatic hydroxyl groups is 1. The van der Waals surface area contributed by atoms with Crippen LogP contribution >= 0.6 is 11.6 Å². The number of nitro groups is 1. The second kappa shape index (κ2) is 6.08. The van der Waals surface area contributed by atoms with E-state index in [1.807, 2.05) is 0 Å². The lowest BCUT2D eigenvalue weighted by Crippen LogP contribution is -2.34. The minimum Gasteiger partial charge on any atom is -0.395 e. The molecule has 22 heavy (non-hydrogen) atoms. The van der Waals surface area contributed by atoms with Crippen LogP contribution in [0.15, 0.2) is 23.9 Å². The van der Waals surface area contributed by atoms with Crippen LogP contribution in [0.3, 0.4) is 0 Å². The van der Waals surface area contributed by atoms with Crippen molar-refractivity contribution in [3.8, 4) is 0 Å². The lowest BCUT2D eigenvalue weighted by molar-refractivity contribution is -0.384. The maximum Gasteiger partial charge on any atom is 0.295 e. The highest BCUT2D eigenvalue weighted by atomic mass is 35.5. The van der Waals surface area contributed by atoms with Gasteiger partial charge in [0, 0.05) is 6.08 Å². The summed E-state index contributed by atoms with van der Waals surface area (Å²) >= 11 is 5.57. The van der Waals surface area contributed by atoms with E-state index in [4.69, 9.17) is 16.7 Å². The van der Waals surface area contributed by atoms with Crippen LogP contribution in [0.25, 0.3) is 0 Å². The zero-order valence-corrected chi connectivity index (χ0v) is 11.6. The zero-order valence-electron chi connectivity index (χ0n) is 10.9. The number of nitrogens with one attached hydrogen (secondary N) is 1. The summed E-state index contributed by atoms with van der Waals surface area (Å²) in [5.74, 6) is -2.41. The highest BCUT2D eigenvalue weighted by molar-refractivity contribution is 6.31. The van der Waals surface area contributed by atoms with Gasteiger partial charge in [-0.15, -0.1) is 0 Å². The smallest absolute Gasteiger partial charge is 0.295 e. The highest BCUT2D eigenvalue weighted by Crippen LogP contribution is 2.32. The molecule has 0 aromatic heterocycles. The van der Waals surface area contributed by atoms with Crippen molar-refractivity contribution >= 4 is 34.8 Å². The molecule has 0 saturated carbocycles. The Balaban J connectivity index is 2.34. The molecule has 0 fully saturated rings. The van der Waals surface area contributed by atoms with Gasteiger partial charge in [-0.05, 0) is 6.07 Å². The predicted molar refractivity (Wildman–Crippen MR) is 73.6 cm³/mol. The quantitative estimate of drug-likeness (QED) is 0.474. The van der Waals surface area contributed by atoms with Gasteiger partial charge < -0.3 is 10.4 Å². The van der Waals surface area contributed by atoms with Crippen LogP contribution in [0.2, 0.25) is 5.02 Å². The zero-order chi connectivity index (χ0) is 16.4. The summed E-state index contributed by atoms with van der Waals surface area (Å²) in [4.78, 5) is 34.3. The summed E-state index contributed by atoms with van der Waals surface area (Å²) < 4.78 is 13.3. The van der Waals surface area contributed by atoms with Gasteiger partial charge in [0.05, 0.1) is 29.2 Å². The van der Waals surface area contributed by atoms with Gasteiger partial charge in [-0.3, -0.25) is 24.6 Å². The molecule has 0 atom stereocenters. The number of carbonyl (C=O) groups excluding carboxylic acids is 2. The number of hydrogen-bond donors (Lipinski definition) is 2. The Bertz CT molecular complexity index is 706. The molecular formula is C12H9ClFN3O5. The monoisotopic (exact) mass is 329 g/mol. The van der Waals surface area contributed by atoms with E-state index in [1.54, 1.807) is 0 Å². The predicted octanol–water partition coefficient (Wildman–Crippen LogP) is 1.04. The van der Waals surface area contributed by atoms with E-state index in [-0.39, 0.29) is 23.0 Å². The average molecular weight is 330 g/mol. The number of aliphatic hydroxyl groups excluding tert-OH is 1. The molecule has 0 spiro atoms. The minimum atomic E-state index is -0.983. The first kappa shape index (κ1) is 15.9. The number of hydrogen-bond acceptors (Lipinski definition) is 6. The van der Waals surface area contributed by atoms with Crippen molar-refractivity contribution < 1.29 is 24.0 Å². The molecule has 8 nitrogen and oxygen atoms in total. The summed E-state index contributed by atoms with van der Waals surface area (Å²) in [5.41, 5.74) is -1.09. The Hall–Kier alpha value is -2.52. The number of β-amino-alcohol motifs (C(OH)–C–C–N with tert-alkyl or cyclic N) is 1. The highest BCUT2D eigenvalue weighted by Gasteiger charge is 2.32. The number of rotatable bonds is 5. The van der Waals surface area contributed by atoms with Gasteiger partial charge in [-0.25, -0.2) is 4.39 Å². The average Bonchev–Trinajstić information content (AvgIpc) is 2.70. The normalized spacial score (nSPS) is 14.3. The van der Waals surface area contributed by atoms with Crippen molar-refractivity contribution in [2.24, 2.45) is 0 Å². The van der Waals surface area contributed by atoms with E-state index in [2.05, 4.69) is 5.32 Å². The molecular weight excluding hydrogens is 321 g/mol. The topological polar surface area (TPSA) is 113 Å². The molecule has 2 amide bonds. The Kier molecular flexibility index (Phi) is 4.38. The van der Waals surface area contributed by atoms with Crippen molar-refractivity contribution in [1.29, 1.82) is 0 Å². The first-order valence-electron chi connectivity index (χ1n) is 5.94. The second-order valence-corrected chi connectivity index (χ2v) is 4.65. The van der Waals surface area contributed by atoms with Crippen LogP contribution in [0, 0.1) is 15.9 Å². The van der Waals surface area contributed by atoms with Crippen LogP contribution in [-0.4, -0.2) is 39.9 Å². The summed E-state index contributed by atoms with van der Waals surface area (Å²) in [5, 5.41) is 21.7. The molecule has 2 rings (SSSR count). The van der Waals surface area contributed by atoms with Crippen LogP contribution in [0.4, 0.5) is 15.8 Å². The fourth-order valence-electron chi connectivity index (χ4n) is 1.84. The van der Waals surface area contributed by atoms with Crippen LogP contribution in [0.1, 0.15) is 0 Å². The standard InChI is InChI=1S/C12H9ClFN3O5/c13-6-3-8(10(17(21)22)4-7(6)14)15-9-5-11(19)16(1-2-18)12(9)20/h3-5,15,18H,1-2H2. The van der Waals surface area contributed by atoms with Crippen LogP contribution in [0.5, 0.6) is 0 Å². The number of halogens is 2. The van der Waals surface area contributed by atoms with Crippen molar-refractivity contribution in [2.75, 3.05) is 18.5 Å². The van der Waals surface area contributed by atoms with Crippen molar-refractivity contribution in [2.45, 2.75) is 0 Å². The van der Waals surface area contributed by atoms with Crippen LogP contribution < -0.4 is 5.32 Å². The molecule has 116 valence electrons. The van der Waals surface area contributed by atoms with Crippen molar-refractivity contribution in [3.63, 3.8) is 0 Å². The molecule has 0 saturated heterocycles. The number of imide groups is 1. The number of nitro benzene ring substituents is 1. The van der Waals surface area contributed by atoms with Gasteiger partial charge in [0.1, 0.15) is 17.2 Å². The second-order valence-electron chi connectivity index (χ2n) is 4.24.